The van der Waals surface area contributed by atoms with Crippen molar-refractivity contribution in [3.05, 3.63) is 55.4 Å². The van der Waals surface area contributed by atoms with Crippen molar-refractivity contribution >= 4 is 49.1 Å². The van der Waals surface area contributed by atoms with Gasteiger partial charge in [-0.1, -0.05) is 39.5 Å². The molecule has 2 aromatic rings. The fourth-order valence-corrected chi connectivity index (χ4v) is 3.61. The lowest BCUT2D eigenvalue weighted by atomic mass is 10.1. The lowest BCUT2D eigenvalue weighted by Gasteiger charge is -2.15. The first-order valence-corrected chi connectivity index (χ1v) is 8.52. The van der Waals surface area contributed by atoms with E-state index in [0.29, 0.717) is 6.54 Å². The zero-order chi connectivity index (χ0) is 16.1. The molecule has 0 radical (unpaired) electrons. The summed E-state index contributed by atoms with van der Waals surface area (Å²) >= 11 is 13.1. The Morgan fingerprint density at radius 2 is 2.09 bits per heavy atom. The summed E-state index contributed by atoms with van der Waals surface area (Å²) in [6.07, 6.45) is 5.28. The number of terminal acetylenes is 1. The molecule has 1 N–H and O–H groups in total. The molecule has 0 saturated heterocycles. The van der Waals surface area contributed by atoms with Crippen LogP contribution in [0.4, 0.5) is 5.69 Å². The van der Waals surface area contributed by atoms with E-state index < -0.39 is 0 Å². The van der Waals surface area contributed by atoms with Crippen LogP contribution in [0.1, 0.15) is 11.1 Å². The van der Waals surface area contributed by atoms with Crippen molar-refractivity contribution in [1.29, 1.82) is 0 Å². The Kier molecular flexibility index (Phi) is 6.19. The van der Waals surface area contributed by atoms with Gasteiger partial charge in [0.05, 0.1) is 4.47 Å². The van der Waals surface area contributed by atoms with Gasteiger partial charge in [-0.25, -0.2) is 0 Å². The van der Waals surface area contributed by atoms with Crippen LogP contribution in [0, 0.1) is 19.3 Å². The monoisotopic (exact) mass is 441 g/mol. The van der Waals surface area contributed by atoms with Crippen LogP contribution in [-0.2, 0) is 6.54 Å². The zero-order valence-electron chi connectivity index (χ0n) is 11.9. The van der Waals surface area contributed by atoms with Crippen molar-refractivity contribution in [3.8, 4) is 18.1 Å². The van der Waals surface area contributed by atoms with Gasteiger partial charge < -0.3 is 10.1 Å². The van der Waals surface area contributed by atoms with Gasteiger partial charge in [0.1, 0.15) is 12.4 Å². The van der Waals surface area contributed by atoms with Crippen LogP contribution < -0.4 is 10.1 Å². The largest absolute Gasteiger partial charge is 0.479 e. The molecule has 0 spiro atoms. The highest BCUT2D eigenvalue weighted by molar-refractivity contribution is 9.11. The van der Waals surface area contributed by atoms with Crippen LogP contribution in [0.3, 0.4) is 0 Å². The molecular formula is C17H14Br2ClNO. The molecule has 5 heteroatoms. The van der Waals surface area contributed by atoms with E-state index in [0.717, 1.165) is 36.5 Å². The van der Waals surface area contributed by atoms with Gasteiger partial charge in [0.15, 0.2) is 0 Å². The summed E-state index contributed by atoms with van der Waals surface area (Å²) < 4.78 is 7.47. The maximum Gasteiger partial charge on any atom is 0.148 e. The maximum absolute atomic E-state index is 6.14. The maximum atomic E-state index is 6.14. The average molecular weight is 444 g/mol. The van der Waals surface area contributed by atoms with Gasteiger partial charge in [-0.3, -0.25) is 0 Å². The Bertz CT molecular complexity index is 725. The molecule has 0 aliphatic carbocycles. The van der Waals surface area contributed by atoms with Crippen LogP contribution >= 0.6 is 43.5 Å². The van der Waals surface area contributed by atoms with Gasteiger partial charge in [0, 0.05) is 27.3 Å². The van der Waals surface area contributed by atoms with E-state index in [9.17, 15) is 0 Å². The second kappa shape index (κ2) is 7.92. The summed E-state index contributed by atoms with van der Waals surface area (Å²) in [6.45, 7) is 2.81. The minimum atomic E-state index is 0.226. The molecule has 2 rings (SSSR count). The van der Waals surface area contributed by atoms with Crippen LogP contribution in [-0.4, -0.2) is 6.61 Å². The van der Waals surface area contributed by atoms with Crippen LogP contribution in [0.25, 0.3) is 0 Å². The predicted molar refractivity (Wildman–Crippen MR) is 99.7 cm³/mol. The third-order valence-corrected chi connectivity index (χ3v) is 4.58. The fraction of sp³-hybridized carbons (Fsp3) is 0.176. The standard InChI is InChI=1S/C17H14Br2ClNO/c1-3-7-22-17-12(8-13(18)9-14(17)19)10-21-16-6-4-5-15(20)11(16)2/h1,4-6,8-9,21H,7,10H2,2H3. The van der Waals surface area contributed by atoms with Crippen molar-refractivity contribution in [2.24, 2.45) is 0 Å². The van der Waals surface area contributed by atoms with Gasteiger partial charge in [0.2, 0.25) is 0 Å². The molecule has 0 bridgehead atoms. The molecule has 2 aromatic carbocycles. The van der Waals surface area contributed by atoms with Crippen molar-refractivity contribution in [2.45, 2.75) is 13.5 Å². The van der Waals surface area contributed by atoms with E-state index in [-0.39, 0.29) is 6.61 Å². The summed E-state index contributed by atoms with van der Waals surface area (Å²) in [6, 6.07) is 9.73. The van der Waals surface area contributed by atoms with Crippen molar-refractivity contribution in [2.75, 3.05) is 11.9 Å². The van der Waals surface area contributed by atoms with E-state index in [1.54, 1.807) is 0 Å². The highest BCUT2D eigenvalue weighted by Gasteiger charge is 2.11. The van der Waals surface area contributed by atoms with Crippen LogP contribution in [0.5, 0.6) is 5.75 Å². The molecule has 2 nitrogen and oxygen atoms in total. The van der Waals surface area contributed by atoms with E-state index in [1.165, 1.54) is 0 Å². The van der Waals surface area contributed by atoms with E-state index >= 15 is 0 Å². The van der Waals surface area contributed by atoms with Crippen LogP contribution in [0.15, 0.2) is 39.3 Å². The van der Waals surface area contributed by atoms with Gasteiger partial charge in [0.25, 0.3) is 0 Å². The minimum absolute atomic E-state index is 0.226. The Hall–Kier alpha value is -1.15. The van der Waals surface area contributed by atoms with Crippen molar-refractivity contribution < 1.29 is 4.74 Å². The number of anilines is 1. The normalized spacial score (nSPS) is 10.1. The van der Waals surface area contributed by atoms with Gasteiger partial charge in [-0.05, 0) is 52.7 Å². The van der Waals surface area contributed by atoms with Gasteiger partial charge >= 0.3 is 0 Å². The molecule has 0 aromatic heterocycles. The van der Waals surface area contributed by atoms with Crippen molar-refractivity contribution in [3.63, 3.8) is 0 Å². The number of nitrogens with one attached hydrogen (secondary N) is 1. The van der Waals surface area contributed by atoms with Crippen LogP contribution in [0.2, 0.25) is 5.02 Å². The number of benzene rings is 2. The summed E-state index contributed by atoms with van der Waals surface area (Å²) in [7, 11) is 0. The topological polar surface area (TPSA) is 21.3 Å². The molecule has 114 valence electrons. The predicted octanol–water partition coefficient (Wildman–Crippen LogP) is 5.80. The fourth-order valence-electron chi connectivity index (χ4n) is 2.01. The number of hydrogen-bond donors (Lipinski definition) is 1. The number of rotatable bonds is 5. The second-order valence-corrected chi connectivity index (χ2v) is 6.81. The summed E-state index contributed by atoms with van der Waals surface area (Å²) in [4.78, 5) is 0. The smallest absolute Gasteiger partial charge is 0.148 e. The third kappa shape index (κ3) is 4.19. The molecule has 0 atom stereocenters. The number of halogens is 3. The molecule has 0 amide bonds. The highest BCUT2D eigenvalue weighted by Crippen LogP contribution is 2.34. The van der Waals surface area contributed by atoms with E-state index in [4.69, 9.17) is 22.8 Å². The lowest BCUT2D eigenvalue weighted by Crippen LogP contribution is -2.05. The Labute approximate surface area is 152 Å². The first kappa shape index (κ1) is 17.2. The summed E-state index contributed by atoms with van der Waals surface area (Å²) in [5.41, 5.74) is 3.01. The SMILES string of the molecule is C#CCOc1c(Br)cc(Br)cc1CNc1cccc(Cl)c1C. The van der Waals surface area contributed by atoms with E-state index in [1.807, 2.05) is 37.3 Å². The molecular weight excluding hydrogens is 429 g/mol. The molecule has 0 unspecified atom stereocenters. The summed E-state index contributed by atoms with van der Waals surface area (Å²) in [5.74, 6) is 3.23. The molecule has 0 heterocycles. The Morgan fingerprint density at radius 1 is 1.32 bits per heavy atom. The first-order chi connectivity index (χ1) is 10.5. The molecule has 0 aliphatic rings. The van der Waals surface area contributed by atoms with Gasteiger partial charge in [-0.2, -0.15) is 0 Å². The Morgan fingerprint density at radius 3 is 2.82 bits per heavy atom. The molecule has 0 aliphatic heterocycles. The molecule has 22 heavy (non-hydrogen) atoms. The minimum Gasteiger partial charge on any atom is -0.479 e. The second-order valence-electron chi connectivity index (χ2n) is 4.63. The highest BCUT2D eigenvalue weighted by atomic mass is 79.9. The number of ether oxygens (including phenoxy) is 1. The molecule has 0 saturated carbocycles. The Balaban J connectivity index is 2.25. The average Bonchev–Trinajstić information content (AvgIpc) is 2.47. The first-order valence-electron chi connectivity index (χ1n) is 6.56. The zero-order valence-corrected chi connectivity index (χ0v) is 15.8. The quantitative estimate of drug-likeness (QED) is 0.590. The van der Waals surface area contributed by atoms with E-state index in [2.05, 4.69) is 43.1 Å². The third-order valence-electron chi connectivity index (χ3n) is 3.12. The number of hydrogen-bond acceptors (Lipinski definition) is 2. The van der Waals surface area contributed by atoms with Gasteiger partial charge in [-0.15, -0.1) is 6.42 Å². The summed E-state index contributed by atoms with van der Waals surface area (Å²) in [5, 5.41) is 4.12. The lowest BCUT2D eigenvalue weighted by molar-refractivity contribution is 0.364. The molecule has 0 fully saturated rings. The van der Waals surface area contributed by atoms with Crippen molar-refractivity contribution in [1.82, 2.24) is 0 Å².